The Morgan fingerprint density at radius 3 is 2.87 bits per heavy atom. The molecule has 1 aliphatic rings. The highest BCUT2D eigenvalue weighted by atomic mass is 35.5. The van der Waals surface area contributed by atoms with Crippen LogP contribution in [0.1, 0.15) is 21.5 Å². The predicted octanol–water partition coefficient (Wildman–Crippen LogP) is 3.27. The maximum Gasteiger partial charge on any atom is 0.253 e. The van der Waals surface area contributed by atoms with Gasteiger partial charge in [-0.05, 0) is 36.8 Å². The Morgan fingerprint density at radius 1 is 1.23 bits per heavy atom. The van der Waals surface area contributed by atoms with E-state index in [2.05, 4.69) is 25.4 Å². The summed E-state index contributed by atoms with van der Waals surface area (Å²) < 4.78 is 5.42. The van der Waals surface area contributed by atoms with Gasteiger partial charge >= 0.3 is 0 Å². The van der Waals surface area contributed by atoms with Crippen LogP contribution in [0.2, 0.25) is 5.02 Å². The third kappa shape index (κ3) is 4.58. The minimum absolute atomic E-state index is 0.213. The smallest absolute Gasteiger partial charge is 0.253 e. The number of nitrogens with one attached hydrogen (secondary N) is 1. The molecule has 1 amide bonds. The summed E-state index contributed by atoms with van der Waals surface area (Å²) in [4.78, 5) is 19.5. The van der Waals surface area contributed by atoms with E-state index in [-0.39, 0.29) is 5.91 Å². The Morgan fingerprint density at radius 2 is 2.07 bits per heavy atom. The first-order valence-corrected chi connectivity index (χ1v) is 10.1. The fourth-order valence-corrected chi connectivity index (χ4v) is 3.67. The molecule has 0 atom stereocenters. The quantitative estimate of drug-likeness (QED) is 0.678. The van der Waals surface area contributed by atoms with Crippen LogP contribution in [-0.4, -0.2) is 47.4 Å². The number of halogens is 1. The molecule has 30 heavy (non-hydrogen) atoms. The molecule has 1 aliphatic heterocycles. The number of pyridine rings is 1. The number of nitrogens with zero attached hydrogens (tertiary/aromatic N) is 4. The summed E-state index contributed by atoms with van der Waals surface area (Å²) in [5.74, 6) is 0.668. The first-order valence-electron chi connectivity index (χ1n) is 9.76. The molecule has 154 valence electrons. The fraction of sp³-hybridized carbons (Fsp3) is 0.273. The van der Waals surface area contributed by atoms with E-state index in [1.165, 1.54) is 6.20 Å². The van der Waals surface area contributed by atoms with Crippen LogP contribution in [0.15, 0.2) is 48.8 Å². The number of amides is 1. The van der Waals surface area contributed by atoms with Gasteiger partial charge in [-0.2, -0.15) is 10.2 Å². The number of ether oxygens (including phenoxy) is 1. The Balaban J connectivity index is 1.49. The molecular weight excluding hydrogens is 402 g/mol. The SMILES string of the molecule is Cc1cc(Cl)ccc1-c1cc(C(=O)NCc2cccnc2N2CCOCC2)cnn1. The Labute approximate surface area is 180 Å². The number of hydrogen-bond acceptors (Lipinski definition) is 6. The number of carbonyl (C=O) groups is 1. The van der Waals surface area contributed by atoms with Gasteiger partial charge in [-0.1, -0.05) is 23.7 Å². The van der Waals surface area contributed by atoms with Gasteiger partial charge in [0.05, 0.1) is 30.7 Å². The molecule has 1 saturated heterocycles. The van der Waals surface area contributed by atoms with Gasteiger partial charge in [-0.15, -0.1) is 0 Å². The zero-order valence-corrected chi connectivity index (χ0v) is 17.4. The van der Waals surface area contributed by atoms with Gasteiger partial charge in [-0.25, -0.2) is 4.98 Å². The lowest BCUT2D eigenvalue weighted by Crippen LogP contribution is -2.37. The summed E-state index contributed by atoms with van der Waals surface area (Å²) in [6.07, 6.45) is 3.24. The third-order valence-electron chi connectivity index (χ3n) is 5.00. The Kier molecular flexibility index (Phi) is 6.21. The van der Waals surface area contributed by atoms with E-state index in [0.717, 1.165) is 35.6 Å². The van der Waals surface area contributed by atoms with Crippen LogP contribution in [0.25, 0.3) is 11.3 Å². The normalized spacial score (nSPS) is 13.9. The largest absolute Gasteiger partial charge is 0.378 e. The molecule has 0 aliphatic carbocycles. The molecule has 0 saturated carbocycles. The number of benzene rings is 1. The summed E-state index contributed by atoms with van der Waals surface area (Å²) in [6, 6.07) is 11.1. The highest BCUT2D eigenvalue weighted by Crippen LogP contribution is 2.24. The van der Waals surface area contributed by atoms with Crippen molar-refractivity contribution in [1.29, 1.82) is 0 Å². The molecule has 7 nitrogen and oxygen atoms in total. The molecule has 2 aromatic heterocycles. The fourth-order valence-electron chi connectivity index (χ4n) is 3.44. The average Bonchev–Trinajstić information content (AvgIpc) is 2.78. The average molecular weight is 424 g/mol. The van der Waals surface area contributed by atoms with Crippen molar-refractivity contribution in [3.63, 3.8) is 0 Å². The molecule has 0 unspecified atom stereocenters. The van der Waals surface area contributed by atoms with Crippen LogP contribution in [-0.2, 0) is 11.3 Å². The molecule has 0 radical (unpaired) electrons. The van der Waals surface area contributed by atoms with Gasteiger partial charge in [0, 0.05) is 42.0 Å². The van der Waals surface area contributed by atoms with Gasteiger partial charge in [0.1, 0.15) is 5.82 Å². The van der Waals surface area contributed by atoms with Crippen molar-refractivity contribution in [2.24, 2.45) is 0 Å². The summed E-state index contributed by atoms with van der Waals surface area (Å²) >= 11 is 6.04. The lowest BCUT2D eigenvalue weighted by Gasteiger charge is -2.29. The van der Waals surface area contributed by atoms with Crippen LogP contribution in [0.5, 0.6) is 0 Å². The number of rotatable bonds is 5. The first kappa shape index (κ1) is 20.3. The summed E-state index contributed by atoms with van der Waals surface area (Å²) in [5.41, 5.74) is 3.91. The van der Waals surface area contributed by atoms with Crippen molar-refractivity contribution >= 4 is 23.3 Å². The molecule has 0 spiro atoms. The zero-order valence-electron chi connectivity index (χ0n) is 16.6. The highest BCUT2D eigenvalue weighted by molar-refractivity contribution is 6.30. The maximum atomic E-state index is 12.8. The van der Waals surface area contributed by atoms with Crippen molar-refractivity contribution in [2.45, 2.75) is 13.5 Å². The second kappa shape index (κ2) is 9.19. The first-order chi connectivity index (χ1) is 14.6. The van der Waals surface area contributed by atoms with Gasteiger partial charge in [0.2, 0.25) is 0 Å². The third-order valence-corrected chi connectivity index (χ3v) is 5.23. The molecule has 1 N–H and O–H groups in total. The number of morpholine rings is 1. The van der Waals surface area contributed by atoms with E-state index in [1.807, 2.05) is 31.2 Å². The molecule has 4 rings (SSSR count). The number of aryl methyl sites for hydroxylation is 1. The van der Waals surface area contributed by atoms with E-state index in [4.69, 9.17) is 16.3 Å². The molecule has 3 heterocycles. The molecule has 1 aromatic carbocycles. The minimum Gasteiger partial charge on any atom is -0.378 e. The van der Waals surface area contributed by atoms with E-state index < -0.39 is 0 Å². The van der Waals surface area contributed by atoms with Crippen LogP contribution in [0.4, 0.5) is 5.82 Å². The molecule has 3 aromatic rings. The second-order valence-corrected chi connectivity index (χ2v) is 7.49. The van der Waals surface area contributed by atoms with Gasteiger partial charge < -0.3 is 15.0 Å². The van der Waals surface area contributed by atoms with Crippen molar-refractivity contribution < 1.29 is 9.53 Å². The second-order valence-electron chi connectivity index (χ2n) is 7.06. The Bertz CT molecular complexity index is 1050. The van der Waals surface area contributed by atoms with E-state index in [9.17, 15) is 4.79 Å². The number of hydrogen-bond donors (Lipinski definition) is 1. The van der Waals surface area contributed by atoms with Crippen LogP contribution in [0.3, 0.4) is 0 Å². The van der Waals surface area contributed by atoms with E-state index >= 15 is 0 Å². The summed E-state index contributed by atoms with van der Waals surface area (Å²) in [7, 11) is 0. The maximum absolute atomic E-state index is 12.8. The van der Waals surface area contributed by atoms with Crippen molar-refractivity contribution in [3.05, 3.63) is 70.5 Å². The van der Waals surface area contributed by atoms with Crippen LogP contribution >= 0.6 is 11.6 Å². The van der Waals surface area contributed by atoms with Crippen molar-refractivity contribution in [2.75, 3.05) is 31.2 Å². The molecule has 8 heteroatoms. The summed E-state index contributed by atoms with van der Waals surface area (Å²) in [5, 5.41) is 11.8. The lowest BCUT2D eigenvalue weighted by atomic mass is 10.0. The highest BCUT2D eigenvalue weighted by Gasteiger charge is 2.17. The van der Waals surface area contributed by atoms with Crippen LogP contribution in [0, 0.1) is 6.92 Å². The lowest BCUT2D eigenvalue weighted by molar-refractivity contribution is 0.0950. The van der Waals surface area contributed by atoms with Crippen molar-refractivity contribution in [1.82, 2.24) is 20.5 Å². The molecule has 1 fully saturated rings. The predicted molar refractivity (Wildman–Crippen MR) is 116 cm³/mol. The van der Waals surface area contributed by atoms with E-state index in [0.29, 0.717) is 36.0 Å². The summed E-state index contributed by atoms with van der Waals surface area (Å²) in [6.45, 7) is 5.25. The van der Waals surface area contributed by atoms with Crippen molar-refractivity contribution in [3.8, 4) is 11.3 Å². The van der Waals surface area contributed by atoms with E-state index in [1.54, 1.807) is 18.3 Å². The number of aromatic nitrogens is 3. The molecule has 0 bridgehead atoms. The Hall–Kier alpha value is -3.03. The van der Waals surface area contributed by atoms with Gasteiger partial charge in [-0.3, -0.25) is 4.79 Å². The zero-order chi connectivity index (χ0) is 20.9. The molecular formula is C22H22ClN5O2. The van der Waals surface area contributed by atoms with Gasteiger partial charge in [0.15, 0.2) is 0 Å². The van der Waals surface area contributed by atoms with Gasteiger partial charge in [0.25, 0.3) is 5.91 Å². The standard InChI is InChI=1S/C22H22ClN5O2/c1-15-11-18(23)4-5-19(15)20-12-17(14-26-27-20)22(29)25-13-16-3-2-6-24-21(16)28-7-9-30-10-8-28/h2-6,11-12,14H,7-10,13H2,1H3,(H,25,29). The number of anilines is 1. The minimum atomic E-state index is -0.213. The number of carbonyl (C=O) groups excluding carboxylic acids is 1. The monoisotopic (exact) mass is 423 g/mol. The topological polar surface area (TPSA) is 80.2 Å². The van der Waals surface area contributed by atoms with Crippen LogP contribution < -0.4 is 10.2 Å².